The smallest absolute Gasteiger partial charge is 0.410 e. The number of hydrogen-bond acceptors (Lipinski definition) is 3. The van der Waals surface area contributed by atoms with E-state index in [1.165, 1.54) is 0 Å². The van der Waals surface area contributed by atoms with Gasteiger partial charge in [0.2, 0.25) is 0 Å². The maximum absolute atomic E-state index is 11.7. The van der Waals surface area contributed by atoms with Gasteiger partial charge < -0.3 is 9.64 Å². The molecule has 2 rings (SSSR count). The number of aromatic amines is 1. The van der Waals surface area contributed by atoms with Crippen LogP contribution in [0.15, 0.2) is 6.07 Å². The maximum Gasteiger partial charge on any atom is 0.410 e. The van der Waals surface area contributed by atoms with E-state index in [9.17, 15) is 4.79 Å². The van der Waals surface area contributed by atoms with Crippen LogP contribution in [0.25, 0.3) is 0 Å². The Morgan fingerprint density at radius 1 is 1.53 bits per heavy atom. The number of nitrogens with one attached hydrogen (secondary N) is 1. The van der Waals surface area contributed by atoms with Crippen LogP contribution >= 0.6 is 0 Å². The van der Waals surface area contributed by atoms with E-state index in [0.717, 1.165) is 11.4 Å². The minimum atomic E-state index is -0.426. The minimum Gasteiger partial charge on any atom is -0.444 e. The van der Waals surface area contributed by atoms with Crippen LogP contribution < -0.4 is 0 Å². The molecule has 0 unspecified atom stereocenters. The molecular formula is C12H19N3O2. The quantitative estimate of drug-likeness (QED) is 0.813. The molecule has 1 N–H and O–H groups in total. The summed E-state index contributed by atoms with van der Waals surface area (Å²) in [6, 6.07) is 2.02. The molecule has 0 atom stereocenters. The van der Waals surface area contributed by atoms with E-state index in [0.29, 0.717) is 19.0 Å². The van der Waals surface area contributed by atoms with Crippen molar-refractivity contribution >= 4 is 6.09 Å². The van der Waals surface area contributed by atoms with Crippen LogP contribution in [-0.4, -0.2) is 39.9 Å². The van der Waals surface area contributed by atoms with Crippen molar-refractivity contribution in [3.63, 3.8) is 0 Å². The Balaban J connectivity index is 1.85. The van der Waals surface area contributed by atoms with Crippen molar-refractivity contribution in [2.75, 3.05) is 13.1 Å². The van der Waals surface area contributed by atoms with E-state index in [-0.39, 0.29) is 6.09 Å². The third-order valence-corrected chi connectivity index (χ3v) is 2.68. The molecule has 1 aliphatic rings. The lowest BCUT2D eigenvalue weighted by molar-refractivity contribution is 0.00787. The molecule has 94 valence electrons. The molecule has 0 aromatic carbocycles. The Bertz CT molecular complexity index is 414. The van der Waals surface area contributed by atoms with Gasteiger partial charge >= 0.3 is 6.09 Å². The molecule has 0 spiro atoms. The first-order chi connectivity index (χ1) is 7.85. The summed E-state index contributed by atoms with van der Waals surface area (Å²) < 4.78 is 5.29. The number of ether oxygens (including phenoxy) is 1. The number of H-pyrrole nitrogens is 1. The summed E-state index contributed by atoms with van der Waals surface area (Å²) in [6.07, 6.45) is -0.235. The van der Waals surface area contributed by atoms with Crippen molar-refractivity contribution in [1.29, 1.82) is 0 Å². The number of hydrogen-bond donors (Lipinski definition) is 1. The van der Waals surface area contributed by atoms with Crippen LogP contribution in [0.4, 0.5) is 4.79 Å². The predicted octanol–water partition coefficient (Wildman–Crippen LogP) is 2.05. The van der Waals surface area contributed by atoms with E-state index in [4.69, 9.17) is 4.74 Å². The first kappa shape index (κ1) is 12.0. The molecule has 1 aromatic rings. The molecule has 0 aliphatic carbocycles. The largest absolute Gasteiger partial charge is 0.444 e. The first-order valence-corrected chi connectivity index (χ1v) is 5.85. The van der Waals surface area contributed by atoms with E-state index in [1.807, 2.05) is 33.8 Å². The molecule has 0 radical (unpaired) electrons. The SMILES string of the molecule is Cc1cc(C2CN(C(=O)OC(C)(C)C)C2)n[nH]1. The summed E-state index contributed by atoms with van der Waals surface area (Å²) in [6.45, 7) is 8.98. The van der Waals surface area contributed by atoms with E-state index >= 15 is 0 Å². The van der Waals surface area contributed by atoms with E-state index in [1.54, 1.807) is 4.90 Å². The Kier molecular flexibility index (Phi) is 2.85. The van der Waals surface area contributed by atoms with Crippen LogP contribution in [-0.2, 0) is 4.74 Å². The average molecular weight is 237 g/mol. The third kappa shape index (κ3) is 2.78. The van der Waals surface area contributed by atoms with Gasteiger partial charge in [0, 0.05) is 24.7 Å². The number of rotatable bonds is 1. The molecule has 1 aliphatic heterocycles. The number of carbonyl (C=O) groups is 1. The molecule has 17 heavy (non-hydrogen) atoms. The van der Waals surface area contributed by atoms with Crippen LogP contribution in [0.1, 0.15) is 38.1 Å². The Morgan fingerprint density at radius 3 is 2.65 bits per heavy atom. The average Bonchev–Trinajstić information content (AvgIpc) is 2.45. The minimum absolute atomic E-state index is 0.235. The summed E-state index contributed by atoms with van der Waals surface area (Å²) in [7, 11) is 0. The van der Waals surface area contributed by atoms with Crippen molar-refractivity contribution in [2.45, 2.75) is 39.2 Å². The van der Waals surface area contributed by atoms with Crippen LogP contribution in [0.3, 0.4) is 0 Å². The molecule has 1 amide bonds. The van der Waals surface area contributed by atoms with Gasteiger partial charge in [0.1, 0.15) is 5.60 Å². The normalized spacial score (nSPS) is 16.8. The fourth-order valence-corrected chi connectivity index (χ4v) is 1.79. The molecule has 2 heterocycles. The molecule has 0 bridgehead atoms. The van der Waals surface area contributed by atoms with Gasteiger partial charge in [-0.05, 0) is 33.8 Å². The highest BCUT2D eigenvalue weighted by Crippen LogP contribution is 2.27. The van der Waals surface area contributed by atoms with Crippen LogP contribution in [0.5, 0.6) is 0 Å². The number of aryl methyl sites for hydroxylation is 1. The van der Waals surface area contributed by atoms with Gasteiger partial charge in [0.25, 0.3) is 0 Å². The number of amides is 1. The highest BCUT2D eigenvalue weighted by Gasteiger charge is 2.35. The Morgan fingerprint density at radius 2 is 2.18 bits per heavy atom. The summed E-state index contributed by atoms with van der Waals surface area (Å²) in [5.74, 6) is 0.340. The molecule has 0 saturated carbocycles. The standard InChI is InChI=1S/C12H19N3O2/c1-8-5-10(14-13-8)9-6-15(7-9)11(16)17-12(2,3)4/h5,9H,6-7H2,1-4H3,(H,13,14). The van der Waals surface area contributed by atoms with Gasteiger partial charge in [0.05, 0.1) is 5.69 Å². The van der Waals surface area contributed by atoms with Gasteiger partial charge in [-0.1, -0.05) is 0 Å². The Hall–Kier alpha value is -1.52. The van der Waals surface area contributed by atoms with Gasteiger partial charge in [0.15, 0.2) is 0 Å². The zero-order chi connectivity index (χ0) is 12.6. The Labute approximate surface area is 101 Å². The second kappa shape index (κ2) is 4.05. The van der Waals surface area contributed by atoms with E-state index in [2.05, 4.69) is 10.2 Å². The van der Waals surface area contributed by atoms with Gasteiger partial charge in [-0.25, -0.2) is 4.79 Å². The molecule has 1 aromatic heterocycles. The lowest BCUT2D eigenvalue weighted by atomic mass is 9.97. The fourth-order valence-electron chi connectivity index (χ4n) is 1.79. The topological polar surface area (TPSA) is 58.2 Å². The summed E-state index contributed by atoms with van der Waals surface area (Å²) in [4.78, 5) is 13.4. The molecule has 5 nitrogen and oxygen atoms in total. The lowest BCUT2D eigenvalue weighted by Gasteiger charge is -2.38. The van der Waals surface area contributed by atoms with Crippen molar-refractivity contribution in [2.24, 2.45) is 0 Å². The molecule has 1 fully saturated rings. The van der Waals surface area contributed by atoms with Crippen molar-refractivity contribution < 1.29 is 9.53 Å². The second-order valence-electron chi connectivity index (χ2n) is 5.56. The van der Waals surface area contributed by atoms with Crippen molar-refractivity contribution in [3.05, 3.63) is 17.5 Å². The predicted molar refractivity (Wildman–Crippen MR) is 63.9 cm³/mol. The van der Waals surface area contributed by atoms with Gasteiger partial charge in [-0.2, -0.15) is 5.10 Å². The first-order valence-electron chi connectivity index (χ1n) is 5.85. The number of carbonyl (C=O) groups excluding carboxylic acids is 1. The molecule has 1 saturated heterocycles. The summed E-state index contributed by atoms with van der Waals surface area (Å²) >= 11 is 0. The monoisotopic (exact) mass is 237 g/mol. The summed E-state index contributed by atoms with van der Waals surface area (Å²) in [5, 5.41) is 7.12. The third-order valence-electron chi connectivity index (χ3n) is 2.68. The number of aromatic nitrogens is 2. The molecule has 5 heteroatoms. The van der Waals surface area contributed by atoms with Gasteiger partial charge in [-0.15, -0.1) is 0 Å². The second-order valence-corrected chi connectivity index (χ2v) is 5.56. The zero-order valence-corrected chi connectivity index (χ0v) is 10.8. The van der Waals surface area contributed by atoms with Gasteiger partial charge in [-0.3, -0.25) is 5.10 Å². The summed E-state index contributed by atoms with van der Waals surface area (Å²) in [5.41, 5.74) is 1.66. The maximum atomic E-state index is 11.7. The van der Waals surface area contributed by atoms with Crippen LogP contribution in [0, 0.1) is 6.92 Å². The van der Waals surface area contributed by atoms with Crippen molar-refractivity contribution in [3.8, 4) is 0 Å². The molecular weight excluding hydrogens is 218 g/mol. The number of nitrogens with zero attached hydrogens (tertiary/aromatic N) is 2. The highest BCUT2D eigenvalue weighted by atomic mass is 16.6. The van der Waals surface area contributed by atoms with Crippen molar-refractivity contribution in [1.82, 2.24) is 15.1 Å². The van der Waals surface area contributed by atoms with Crippen LogP contribution in [0.2, 0.25) is 0 Å². The highest BCUT2D eigenvalue weighted by molar-refractivity contribution is 5.69. The lowest BCUT2D eigenvalue weighted by Crippen LogP contribution is -2.50. The zero-order valence-electron chi connectivity index (χ0n) is 10.8. The number of likely N-dealkylation sites (tertiary alicyclic amines) is 1. The van der Waals surface area contributed by atoms with E-state index < -0.39 is 5.60 Å². The fraction of sp³-hybridized carbons (Fsp3) is 0.667.